The third-order valence-corrected chi connectivity index (χ3v) is 4.18. The summed E-state index contributed by atoms with van der Waals surface area (Å²) in [7, 11) is 0. The number of benzene rings is 1. The molecule has 19 heavy (non-hydrogen) atoms. The number of rotatable bonds is 4. The van der Waals surface area contributed by atoms with Crippen molar-refractivity contribution in [2.24, 2.45) is 5.92 Å². The van der Waals surface area contributed by atoms with Gasteiger partial charge in [0.25, 0.3) is 0 Å². The summed E-state index contributed by atoms with van der Waals surface area (Å²) in [4.78, 5) is 14.5. The van der Waals surface area contributed by atoms with E-state index in [9.17, 15) is 4.79 Å². The standard InChI is InChI=1S/C15H19Cl2NO/c1-11-3-2-7-18(10-11)8-6-15(19)13-5-4-12(16)9-14(13)17/h4-5,9,11H,2-3,6-8,10H2,1H3. The molecule has 1 unspecified atom stereocenters. The fourth-order valence-electron chi connectivity index (χ4n) is 2.60. The van der Waals surface area contributed by atoms with Crippen LogP contribution in [0.4, 0.5) is 0 Å². The fourth-order valence-corrected chi connectivity index (χ4v) is 3.11. The van der Waals surface area contributed by atoms with E-state index in [4.69, 9.17) is 23.2 Å². The summed E-state index contributed by atoms with van der Waals surface area (Å²) in [5.41, 5.74) is 0.580. The molecule has 1 heterocycles. The maximum absolute atomic E-state index is 12.1. The van der Waals surface area contributed by atoms with Crippen molar-refractivity contribution < 1.29 is 4.79 Å². The Hall–Kier alpha value is -0.570. The maximum atomic E-state index is 12.1. The number of ketones is 1. The molecule has 1 aliphatic heterocycles. The molecule has 0 aliphatic carbocycles. The van der Waals surface area contributed by atoms with Crippen molar-refractivity contribution in [1.29, 1.82) is 0 Å². The average molecular weight is 300 g/mol. The van der Waals surface area contributed by atoms with Gasteiger partial charge in [-0.3, -0.25) is 4.79 Å². The molecular weight excluding hydrogens is 281 g/mol. The van der Waals surface area contributed by atoms with Crippen molar-refractivity contribution in [2.45, 2.75) is 26.2 Å². The number of halogens is 2. The molecule has 0 saturated carbocycles. The van der Waals surface area contributed by atoms with E-state index in [-0.39, 0.29) is 5.78 Å². The van der Waals surface area contributed by atoms with Crippen LogP contribution >= 0.6 is 23.2 Å². The first kappa shape index (κ1) is 14.8. The van der Waals surface area contributed by atoms with Crippen molar-refractivity contribution >= 4 is 29.0 Å². The van der Waals surface area contributed by atoms with Crippen molar-refractivity contribution in [3.8, 4) is 0 Å². The molecule has 1 aliphatic rings. The molecule has 0 spiro atoms. The third-order valence-electron chi connectivity index (χ3n) is 3.63. The highest BCUT2D eigenvalue weighted by molar-refractivity contribution is 6.36. The number of Topliss-reactive ketones (excluding diaryl/α,β-unsaturated/α-hetero) is 1. The van der Waals surface area contributed by atoms with Crippen LogP contribution in [0.3, 0.4) is 0 Å². The van der Waals surface area contributed by atoms with Gasteiger partial charge in [-0.15, -0.1) is 0 Å². The topological polar surface area (TPSA) is 20.3 Å². The molecule has 0 N–H and O–H groups in total. The lowest BCUT2D eigenvalue weighted by molar-refractivity contribution is 0.0949. The Morgan fingerprint density at radius 3 is 2.89 bits per heavy atom. The van der Waals surface area contributed by atoms with Crippen LogP contribution < -0.4 is 0 Å². The van der Waals surface area contributed by atoms with Gasteiger partial charge in [0, 0.05) is 30.1 Å². The van der Waals surface area contributed by atoms with Crippen LogP contribution in [0, 0.1) is 5.92 Å². The minimum Gasteiger partial charge on any atom is -0.303 e. The van der Waals surface area contributed by atoms with E-state index < -0.39 is 0 Å². The van der Waals surface area contributed by atoms with Gasteiger partial charge in [-0.25, -0.2) is 0 Å². The van der Waals surface area contributed by atoms with E-state index >= 15 is 0 Å². The van der Waals surface area contributed by atoms with Crippen LogP contribution in [-0.4, -0.2) is 30.3 Å². The predicted molar refractivity (Wildman–Crippen MR) is 80.2 cm³/mol. The normalized spacial score (nSPS) is 20.5. The van der Waals surface area contributed by atoms with E-state index in [1.807, 2.05) is 0 Å². The first-order chi connectivity index (χ1) is 9.06. The van der Waals surface area contributed by atoms with E-state index in [1.54, 1.807) is 18.2 Å². The van der Waals surface area contributed by atoms with Gasteiger partial charge in [-0.05, 0) is 43.5 Å². The molecule has 2 nitrogen and oxygen atoms in total. The van der Waals surface area contributed by atoms with Crippen LogP contribution in [0.5, 0.6) is 0 Å². The van der Waals surface area contributed by atoms with Crippen molar-refractivity contribution in [1.82, 2.24) is 4.90 Å². The fraction of sp³-hybridized carbons (Fsp3) is 0.533. The minimum atomic E-state index is 0.0971. The molecule has 1 fully saturated rings. The molecule has 104 valence electrons. The first-order valence-corrected chi connectivity index (χ1v) is 7.52. The van der Waals surface area contributed by atoms with Gasteiger partial charge >= 0.3 is 0 Å². The maximum Gasteiger partial charge on any atom is 0.165 e. The highest BCUT2D eigenvalue weighted by Crippen LogP contribution is 2.22. The largest absolute Gasteiger partial charge is 0.303 e. The average Bonchev–Trinajstić information content (AvgIpc) is 2.36. The Morgan fingerprint density at radius 2 is 2.21 bits per heavy atom. The smallest absolute Gasteiger partial charge is 0.165 e. The van der Waals surface area contributed by atoms with Gasteiger partial charge in [0.1, 0.15) is 0 Å². The summed E-state index contributed by atoms with van der Waals surface area (Å²) in [6.45, 7) is 5.29. The van der Waals surface area contributed by atoms with Gasteiger partial charge < -0.3 is 4.90 Å². The van der Waals surface area contributed by atoms with Crippen molar-refractivity contribution in [3.63, 3.8) is 0 Å². The number of piperidine rings is 1. The SMILES string of the molecule is CC1CCCN(CCC(=O)c2ccc(Cl)cc2Cl)C1. The van der Waals surface area contributed by atoms with Crippen LogP contribution in [0.2, 0.25) is 10.0 Å². The molecule has 1 aromatic carbocycles. The highest BCUT2D eigenvalue weighted by atomic mass is 35.5. The van der Waals surface area contributed by atoms with Crippen molar-refractivity contribution in [2.75, 3.05) is 19.6 Å². The first-order valence-electron chi connectivity index (χ1n) is 6.77. The van der Waals surface area contributed by atoms with Crippen LogP contribution in [0.1, 0.15) is 36.5 Å². The summed E-state index contributed by atoms with van der Waals surface area (Å²) in [5, 5.41) is 1.01. The molecule has 1 aromatic rings. The molecule has 0 aromatic heterocycles. The monoisotopic (exact) mass is 299 g/mol. The number of nitrogens with zero attached hydrogens (tertiary/aromatic N) is 1. The summed E-state index contributed by atoms with van der Waals surface area (Å²) in [6, 6.07) is 5.05. The molecule has 1 atom stereocenters. The lowest BCUT2D eigenvalue weighted by Gasteiger charge is -2.30. The number of hydrogen-bond donors (Lipinski definition) is 0. The van der Waals surface area contributed by atoms with Crippen molar-refractivity contribution in [3.05, 3.63) is 33.8 Å². The summed E-state index contributed by atoms with van der Waals surface area (Å²) in [6.07, 6.45) is 3.05. The van der Waals surface area contributed by atoms with Gasteiger partial charge in [0.15, 0.2) is 5.78 Å². The molecule has 1 saturated heterocycles. The Labute approximate surface area is 124 Å². The predicted octanol–water partition coefficient (Wildman–Crippen LogP) is 4.30. The van der Waals surface area contributed by atoms with Crippen LogP contribution in [-0.2, 0) is 0 Å². The second-order valence-corrected chi connectivity index (χ2v) is 6.19. The lowest BCUT2D eigenvalue weighted by Crippen LogP contribution is -2.35. The zero-order chi connectivity index (χ0) is 13.8. The Bertz CT molecular complexity index is 461. The van der Waals surface area contributed by atoms with Gasteiger partial charge in [-0.2, -0.15) is 0 Å². The minimum absolute atomic E-state index is 0.0971. The van der Waals surface area contributed by atoms with Gasteiger partial charge in [0.2, 0.25) is 0 Å². The van der Waals surface area contributed by atoms with E-state index in [0.717, 1.165) is 25.6 Å². The second-order valence-electron chi connectivity index (χ2n) is 5.35. The van der Waals surface area contributed by atoms with Crippen LogP contribution in [0.15, 0.2) is 18.2 Å². The summed E-state index contributed by atoms with van der Waals surface area (Å²) >= 11 is 11.9. The number of hydrogen-bond acceptors (Lipinski definition) is 2. The zero-order valence-electron chi connectivity index (χ0n) is 11.2. The van der Waals surface area contributed by atoms with Gasteiger partial charge in [-0.1, -0.05) is 30.1 Å². The molecule has 0 radical (unpaired) electrons. The molecule has 2 rings (SSSR count). The molecule has 0 amide bonds. The Balaban J connectivity index is 1.90. The summed E-state index contributed by atoms with van der Waals surface area (Å²) < 4.78 is 0. The van der Waals surface area contributed by atoms with E-state index in [2.05, 4.69) is 11.8 Å². The second kappa shape index (κ2) is 6.74. The number of likely N-dealkylation sites (tertiary alicyclic amines) is 1. The van der Waals surface area contributed by atoms with Crippen LogP contribution in [0.25, 0.3) is 0 Å². The highest BCUT2D eigenvalue weighted by Gasteiger charge is 2.18. The number of carbonyl (C=O) groups excluding carboxylic acids is 1. The molecule has 0 bridgehead atoms. The van der Waals surface area contributed by atoms with E-state index in [0.29, 0.717) is 22.0 Å². The molecule has 4 heteroatoms. The quantitative estimate of drug-likeness (QED) is 0.773. The number of carbonyl (C=O) groups is 1. The third kappa shape index (κ3) is 4.20. The lowest BCUT2D eigenvalue weighted by atomic mass is 9.99. The van der Waals surface area contributed by atoms with Gasteiger partial charge in [0.05, 0.1) is 5.02 Å². The summed E-state index contributed by atoms with van der Waals surface area (Å²) in [5.74, 6) is 0.836. The van der Waals surface area contributed by atoms with E-state index in [1.165, 1.54) is 12.8 Å². The molecular formula is C15H19Cl2NO. The Kier molecular flexibility index (Phi) is 5.26. The zero-order valence-corrected chi connectivity index (χ0v) is 12.7. The Morgan fingerprint density at radius 1 is 1.42 bits per heavy atom.